The summed E-state index contributed by atoms with van der Waals surface area (Å²) in [4.78, 5) is 0. The van der Waals surface area contributed by atoms with E-state index in [1.807, 2.05) is 0 Å². The molecule has 19 heavy (non-hydrogen) atoms. The predicted molar refractivity (Wildman–Crippen MR) is 79.6 cm³/mol. The van der Waals surface area contributed by atoms with Crippen LogP contribution in [0.3, 0.4) is 0 Å². The van der Waals surface area contributed by atoms with E-state index in [4.69, 9.17) is 11.6 Å². The molecule has 1 N–H and O–H groups in total. The van der Waals surface area contributed by atoms with Crippen LogP contribution in [0, 0.1) is 17.8 Å². The van der Waals surface area contributed by atoms with Gasteiger partial charge in [-0.2, -0.15) is 0 Å². The Bertz CT molecular complexity index is 463. The number of hydrogen-bond acceptors (Lipinski definition) is 1. The van der Waals surface area contributed by atoms with Crippen LogP contribution in [-0.4, -0.2) is 13.1 Å². The van der Waals surface area contributed by atoms with E-state index in [0.29, 0.717) is 5.41 Å². The lowest BCUT2D eigenvalue weighted by molar-refractivity contribution is 0.180. The standard InChI is InChI=1S/C17H22ClN/c18-16-5-3-15(4-6-16)17(10-19-11-17)9-14-8-12-1-2-13(14)7-12/h3-6,12-14,19H,1-2,7-11H2. The van der Waals surface area contributed by atoms with E-state index < -0.39 is 0 Å². The molecule has 0 radical (unpaired) electrons. The lowest BCUT2D eigenvalue weighted by Gasteiger charge is -2.46. The van der Waals surface area contributed by atoms with Crippen molar-refractivity contribution in [2.75, 3.05) is 13.1 Å². The van der Waals surface area contributed by atoms with Crippen molar-refractivity contribution in [3.8, 4) is 0 Å². The van der Waals surface area contributed by atoms with E-state index in [0.717, 1.165) is 35.9 Å². The van der Waals surface area contributed by atoms with Crippen molar-refractivity contribution in [2.24, 2.45) is 17.8 Å². The summed E-state index contributed by atoms with van der Waals surface area (Å²) in [6.07, 6.45) is 7.42. The molecule has 2 aliphatic carbocycles. The van der Waals surface area contributed by atoms with E-state index in [1.165, 1.54) is 37.7 Å². The molecule has 2 bridgehead atoms. The predicted octanol–water partition coefficient (Wildman–Crippen LogP) is 4.01. The molecule has 3 aliphatic rings. The number of nitrogens with one attached hydrogen (secondary N) is 1. The maximum Gasteiger partial charge on any atom is 0.0406 e. The number of halogens is 1. The first-order valence-corrected chi connectivity index (χ1v) is 8.10. The Hall–Kier alpha value is -0.530. The second kappa shape index (κ2) is 4.49. The van der Waals surface area contributed by atoms with Crippen molar-refractivity contribution < 1.29 is 0 Å². The topological polar surface area (TPSA) is 12.0 Å². The Balaban J connectivity index is 1.55. The van der Waals surface area contributed by atoms with Gasteiger partial charge in [-0.25, -0.2) is 0 Å². The summed E-state index contributed by atoms with van der Waals surface area (Å²) in [7, 11) is 0. The zero-order chi connectivity index (χ0) is 12.9. The fraction of sp³-hybridized carbons (Fsp3) is 0.647. The van der Waals surface area contributed by atoms with Crippen LogP contribution < -0.4 is 5.32 Å². The van der Waals surface area contributed by atoms with Gasteiger partial charge in [0.2, 0.25) is 0 Å². The fourth-order valence-corrected chi connectivity index (χ4v) is 4.95. The Kier molecular flexibility index (Phi) is 2.89. The average Bonchev–Trinajstić information content (AvgIpc) is 2.97. The molecule has 1 saturated heterocycles. The Morgan fingerprint density at radius 1 is 1.11 bits per heavy atom. The number of rotatable bonds is 3. The van der Waals surface area contributed by atoms with Crippen LogP contribution in [0.25, 0.3) is 0 Å². The van der Waals surface area contributed by atoms with Gasteiger partial charge in [0.1, 0.15) is 0 Å². The fourth-order valence-electron chi connectivity index (χ4n) is 4.82. The summed E-state index contributed by atoms with van der Waals surface area (Å²) in [6.45, 7) is 2.31. The van der Waals surface area contributed by atoms with Gasteiger partial charge in [-0.1, -0.05) is 30.2 Å². The van der Waals surface area contributed by atoms with Crippen LogP contribution in [0.4, 0.5) is 0 Å². The van der Waals surface area contributed by atoms with Gasteiger partial charge in [-0.15, -0.1) is 0 Å². The lowest BCUT2D eigenvalue weighted by Crippen LogP contribution is -2.57. The molecule has 3 fully saturated rings. The van der Waals surface area contributed by atoms with Crippen LogP contribution in [0.15, 0.2) is 24.3 Å². The zero-order valence-electron chi connectivity index (χ0n) is 11.4. The average molecular weight is 276 g/mol. The minimum Gasteiger partial charge on any atom is -0.315 e. The first kappa shape index (κ1) is 12.2. The van der Waals surface area contributed by atoms with E-state index in [1.54, 1.807) is 0 Å². The SMILES string of the molecule is Clc1ccc(C2(CC3CC4CCC3C4)CNC2)cc1. The maximum atomic E-state index is 6.03. The highest BCUT2D eigenvalue weighted by Crippen LogP contribution is 2.52. The minimum atomic E-state index is 0.403. The second-order valence-corrected chi connectivity index (χ2v) is 7.47. The number of fused-ring (bicyclic) bond motifs is 2. The van der Waals surface area contributed by atoms with E-state index in [-0.39, 0.29) is 0 Å². The molecular formula is C17H22ClN. The van der Waals surface area contributed by atoms with E-state index >= 15 is 0 Å². The van der Waals surface area contributed by atoms with Crippen LogP contribution in [-0.2, 0) is 5.41 Å². The van der Waals surface area contributed by atoms with Gasteiger partial charge in [0.15, 0.2) is 0 Å². The van der Waals surface area contributed by atoms with Gasteiger partial charge in [-0.3, -0.25) is 0 Å². The molecule has 1 aromatic carbocycles. The van der Waals surface area contributed by atoms with Crippen LogP contribution in [0.5, 0.6) is 0 Å². The first-order chi connectivity index (χ1) is 9.25. The van der Waals surface area contributed by atoms with Crippen molar-refractivity contribution >= 4 is 11.6 Å². The largest absolute Gasteiger partial charge is 0.315 e. The highest BCUT2D eigenvalue weighted by atomic mass is 35.5. The summed E-state index contributed by atoms with van der Waals surface area (Å²) >= 11 is 6.03. The summed E-state index contributed by atoms with van der Waals surface area (Å²) in [5.74, 6) is 3.08. The Morgan fingerprint density at radius 3 is 2.42 bits per heavy atom. The summed E-state index contributed by atoms with van der Waals surface area (Å²) < 4.78 is 0. The molecule has 2 saturated carbocycles. The molecule has 1 aliphatic heterocycles. The van der Waals surface area contributed by atoms with Crippen LogP contribution >= 0.6 is 11.6 Å². The van der Waals surface area contributed by atoms with Gasteiger partial charge in [0.05, 0.1) is 0 Å². The molecule has 1 nitrogen and oxygen atoms in total. The van der Waals surface area contributed by atoms with Crippen molar-refractivity contribution in [3.05, 3.63) is 34.9 Å². The number of hydrogen-bond donors (Lipinski definition) is 1. The summed E-state index contributed by atoms with van der Waals surface area (Å²) in [5.41, 5.74) is 1.90. The van der Waals surface area contributed by atoms with Gasteiger partial charge < -0.3 is 5.32 Å². The smallest absolute Gasteiger partial charge is 0.0406 e. The van der Waals surface area contributed by atoms with Gasteiger partial charge in [0, 0.05) is 23.5 Å². The summed E-state index contributed by atoms with van der Waals surface area (Å²) in [6, 6.07) is 8.60. The third-order valence-electron chi connectivity index (χ3n) is 5.92. The molecule has 3 unspecified atom stereocenters. The van der Waals surface area contributed by atoms with E-state index in [2.05, 4.69) is 29.6 Å². The quantitative estimate of drug-likeness (QED) is 0.879. The molecule has 0 amide bonds. The van der Waals surface area contributed by atoms with Crippen molar-refractivity contribution in [2.45, 2.75) is 37.5 Å². The molecule has 4 rings (SSSR count). The summed E-state index contributed by atoms with van der Waals surface area (Å²) in [5, 5.41) is 4.35. The Labute approximate surface area is 120 Å². The van der Waals surface area contributed by atoms with Crippen molar-refractivity contribution in [1.82, 2.24) is 5.32 Å². The minimum absolute atomic E-state index is 0.403. The maximum absolute atomic E-state index is 6.03. The Morgan fingerprint density at radius 2 is 1.89 bits per heavy atom. The van der Waals surface area contributed by atoms with Crippen molar-refractivity contribution in [1.29, 1.82) is 0 Å². The molecule has 1 heterocycles. The third-order valence-corrected chi connectivity index (χ3v) is 6.17. The highest BCUT2D eigenvalue weighted by molar-refractivity contribution is 6.30. The van der Waals surface area contributed by atoms with Gasteiger partial charge in [0.25, 0.3) is 0 Å². The molecule has 1 aromatic rings. The lowest BCUT2D eigenvalue weighted by atomic mass is 9.67. The molecular weight excluding hydrogens is 254 g/mol. The molecule has 102 valence electrons. The molecule has 0 spiro atoms. The monoisotopic (exact) mass is 275 g/mol. The molecule has 3 atom stereocenters. The molecule has 0 aromatic heterocycles. The van der Waals surface area contributed by atoms with Gasteiger partial charge in [-0.05, 0) is 61.1 Å². The normalized spacial score (nSPS) is 35.3. The second-order valence-electron chi connectivity index (χ2n) is 7.03. The van der Waals surface area contributed by atoms with E-state index in [9.17, 15) is 0 Å². The third kappa shape index (κ3) is 2.02. The van der Waals surface area contributed by atoms with Gasteiger partial charge >= 0.3 is 0 Å². The molecule has 2 heteroatoms. The number of benzene rings is 1. The van der Waals surface area contributed by atoms with Crippen LogP contribution in [0.1, 0.15) is 37.7 Å². The van der Waals surface area contributed by atoms with Crippen LogP contribution in [0.2, 0.25) is 5.02 Å². The van der Waals surface area contributed by atoms with Crippen molar-refractivity contribution in [3.63, 3.8) is 0 Å². The highest BCUT2D eigenvalue weighted by Gasteiger charge is 2.46. The first-order valence-electron chi connectivity index (χ1n) is 7.72. The zero-order valence-corrected chi connectivity index (χ0v) is 12.1.